The van der Waals surface area contributed by atoms with Gasteiger partial charge in [-0.3, -0.25) is 0 Å². The fourth-order valence-corrected chi connectivity index (χ4v) is 1.72. The van der Waals surface area contributed by atoms with E-state index in [1.807, 2.05) is 0 Å². The van der Waals surface area contributed by atoms with Crippen molar-refractivity contribution >= 4 is 6.09 Å². The standard InChI is InChI=1S/C13H20FNO3/c1-5-8-17-11-6-7-15(9-10(11)14)12(16)18-13(2,3)4/h1,10-11H,6-9H2,2-4H3. The maximum atomic E-state index is 13.8. The van der Waals surface area contributed by atoms with Crippen molar-refractivity contribution in [3.8, 4) is 12.3 Å². The van der Waals surface area contributed by atoms with Gasteiger partial charge in [0.25, 0.3) is 0 Å². The number of terminal acetylenes is 1. The van der Waals surface area contributed by atoms with Crippen LogP contribution in [0.2, 0.25) is 0 Å². The van der Waals surface area contributed by atoms with E-state index in [-0.39, 0.29) is 13.2 Å². The fourth-order valence-electron chi connectivity index (χ4n) is 1.72. The zero-order valence-electron chi connectivity index (χ0n) is 11.1. The minimum Gasteiger partial charge on any atom is -0.444 e. The van der Waals surface area contributed by atoms with Crippen LogP contribution >= 0.6 is 0 Å². The lowest BCUT2D eigenvalue weighted by atomic mass is 10.1. The molecular weight excluding hydrogens is 237 g/mol. The lowest BCUT2D eigenvalue weighted by Gasteiger charge is -2.35. The molecule has 1 heterocycles. The molecule has 5 heteroatoms. The van der Waals surface area contributed by atoms with Gasteiger partial charge in [-0.05, 0) is 27.2 Å². The van der Waals surface area contributed by atoms with E-state index in [4.69, 9.17) is 15.9 Å². The molecule has 1 aliphatic rings. The number of amides is 1. The SMILES string of the molecule is C#CCOC1CCN(C(=O)OC(C)(C)C)CC1F. The van der Waals surface area contributed by atoms with Crippen LogP contribution in [0.4, 0.5) is 9.18 Å². The van der Waals surface area contributed by atoms with E-state index in [1.165, 1.54) is 4.90 Å². The second-order valence-electron chi connectivity index (χ2n) is 5.28. The average Bonchev–Trinajstić information content (AvgIpc) is 2.25. The highest BCUT2D eigenvalue weighted by atomic mass is 19.1. The Kier molecular flexibility index (Phi) is 4.97. The van der Waals surface area contributed by atoms with E-state index in [0.717, 1.165) is 0 Å². The Morgan fingerprint density at radius 1 is 1.56 bits per heavy atom. The molecular formula is C13H20FNO3. The maximum absolute atomic E-state index is 13.8. The molecule has 2 unspecified atom stereocenters. The summed E-state index contributed by atoms with van der Waals surface area (Å²) in [4.78, 5) is 13.1. The van der Waals surface area contributed by atoms with Crippen LogP contribution in [0.1, 0.15) is 27.2 Å². The van der Waals surface area contributed by atoms with Gasteiger partial charge in [-0.25, -0.2) is 9.18 Å². The molecule has 1 amide bonds. The maximum Gasteiger partial charge on any atom is 0.410 e. The number of likely N-dealkylation sites (tertiary alicyclic amines) is 1. The Labute approximate surface area is 107 Å². The molecule has 0 bridgehead atoms. The highest BCUT2D eigenvalue weighted by molar-refractivity contribution is 5.68. The van der Waals surface area contributed by atoms with Gasteiger partial charge in [0.2, 0.25) is 0 Å². The number of halogens is 1. The number of hydrogen-bond donors (Lipinski definition) is 0. The predicted octanol–water partition coefficient (Wildman–Crippen LogP) is 1.98. The van der Waals surface area contributed by atoms with Crippen molar-refractivity contribution in [1.29, 1.82) is 0 Å². The Balaban J connectivity index is 2.45. The number of piperidine rings is 1. The fraction of sp³-hybridized carbons (Fsp3) is 0.769. The number of ether oxygens (including phenoxy) is 2. The minimum atomic E-state index is -1.22. The van der Waals surface area contributed by atoms with E-state index in [9.17, 15) is 9.18 Å². The summed E-state index contributed by atoms with van der Waals surface area (Å²) in [7, 11) is 0. The summed E-state index contributed by atoms with van der Waals surface area (Å²) in [6, 6.07) is 0. The molecule has 0 aromatic rings. The number of alkyl halides is 1. The lowest BCUT2D eigenvalue weighted by Crippen LogP contribution is -2.49. The molecule has 0 aliphatic carbocycles. The van der Waals surface area contributed by atoms with E-state index in [2.05, 4.69) is 5.92 Å². The second kappa shape index (κ2) is 6.05. The smallest absolute Gasteiger partial charge is 0.410 e. The highest BCUT2D eigenvalue weighted by Crippen LogP contribution is 2.19. The number of carbonyl (C=O) groups is 1. The van der Waals surface area contributed by atoms with Crippen molar-refractivity contribution in [2.24, 2.45) is 0 Å². The summed E-state index contributed by atoms with van der Waals surface area (Å²) < 4.78 is 24.1. The molecule has 1 rings (SSSR count). The van der Waals surface area contributed by atoms with Crippen molar-refractivity contribution in [2.75, 3.05) is 19.7 Å². The quantitative estimate of drug-likeness (QED) is 0.710. The third-order valence-electron chi connectivity index (χ3n) is 2.51. The molecule has 0 aromatic heterocycles. The third kappa shape index (κ3) is 4.53. The van der Waals surface area contributed by atoms with Gasteiger partial charge in [-0.1, -0.05) is 5.92 Å². The molecule has 1 aliphatic heterocycles. The second-order valence-corrected chi connectivity index (χ2v) is 5.28. The number of hydrogen-bond acceptors (Lipinski definition) is 3. The zero-order chi connectivity index (χ0) is 13.8. The van der Waals surface area contributed by atoms with Gasteiger partial charge < -0.3 is 14.4 Å². The first-order chi connectivity index (χ1) is 8.33. The number of carbonyl (C=O) groups excluding carboxylic acids is 1. The molecule has 0 saturated carbocycles. The van der Waals surface area contributed by atoms with Gasteiger partial charge in [0.15, 0.2) is 0 Å². The minimum absolute atomic E-state index is 0.00977. The van der Waals surface area contributed by atoms with Gasteiger partial charge >= 0.3 is 6.09 Å². The Bertz CT molecular complexity index is 332. The van der Waals surface area contributed by atoms with Crippen LogP contribution in [-0.2, 0) is 9.47 Å². The Hall–Kier alpha value is -1.28. The summed E-state index contributed by atoms with van der Waals surface area (Å²) >= 11 is 0. The molecule has 0 radical (unpaired) electrons. The average molecular weight is 257 g/mol. The first-order valence-electron chi connectivity index (χ1n) is 6.00. The Morgan fingerprint density at radius 2 is 2.22 bits per heavy atom. The third-order valence-corrected chi connectivity index (χ3v) is 2.51. The lowest BCUT2D eigenvalue weighted by molar-refractivity contribution is -0.0423. The van der Waals surface area contributed by atoms with Crippen molar-refractivity contribution in [1.82, 2.24) is 4.90 Å². The van der Waals surface area contributed by atoms with Crippen LogP contribution in [0.5, 0.6) is 0 Å². The normalized spacial score (nSPS) is 24.5. The van der Waals surface area contributed by atoms with Crippen LogP contribution in [0, 0.1) is 12.3 Å². The van der Waals surface area contributed by atoms with Crippen LogP contribution in [-0.4, -0.2) is 48.6 Å². The predicted molar refractivity (Wildman–Crippen MR) is 65.9 cm³/mol. The molecule has 0 N–H and O–H groups in total. The monoisotopic (exact) mass is 257 g/mol. The first-order valence-corrected chi connectivity index (χ1v) is 6.00. The van der Waals surface area contributed by atoms with Crippen LogP contribution in [0.15, 0.2) is 0 Å². The molecule has 0 aromatic carbocycles. The van der Waals surface area contributed by atoms with Crippen molar-refractivity contribution in [3.63, 3.8) is 0 Å². The zero-order valence-corrected chi connectivity index (χ0v) is 11.1. The van der Waals surface area contributed by atoms with E-state index < -0.39 is 24.0 Å². The van der Waals surface area contributed by atoms with Gasteiger partial charge in [-0.15, -0.1) is 6.42 Å². The van der Waals surface area contributed by atoms with Crippen molar-refractivity contribution < 1.29 is 18.7 Å². The van der Waals surface area contributed by atoms with Gasteiger partial charge in [0.1, 0.15) is 18.4 Å². The summed E-state index contributed by atoms with van der Waals surface area (Å²) in [5, 5.41) is 0. The molecule has 1 saturated heterocycles. The topological polar surface area (TPSA) is 38.8 Å². The van der Waals surface area contributed by atoms with E-state index in [0.29, 0.717) is 13.0 Å². The molecule has 18 heavy (non-hydrogen) atoms. The number of rotatable bonds is 2. The summed E-state index contributed by atoms with van der Waals surface area (Å²) in [5.41, 5.74) is -0.570. The molecule has 2 atom stereocenters. The summed E-state index contributed by atoms with van der Waals surface area (Å²) in [5.74, 6) is 2.31. The van der Waals surface area contributed by atoms with Gasteiger partial charge in [-0.2, -0.15) is 0 Å². The number of nitrogens with zero attached hydrogens (tertiary/aromatic N) is 1. The van der Waals surface area contributed by atoms with Crippen LogP contribution in [0.25, 0.3) is 0 Å². The van der Waals surface area contributed by atoms with Crippen LogP contribution in [0.3, 0.4) is 0 Å². The molecule has 1 fully saturated rings. The van der Waals surface area contributed by atoms with Crippen LogP contribution < -0.4 is 0 Å². The molecule has 4 nitrogen and oxygen atoms in total. The van der Waals surface area contributed by atoms with Crippen molar-refractivity contribution in [3.05, 3.63) is 0 Å². The summed E-state index contributed by atoms with van der Waals surface area (Å²) in [6.45, 7) is 5.84. The van der Waals surface area contributed by atoms with E-state index in [1.54, 1.807) is 20.8 Å². The first kappa shape index (κ1) is 14.8. The largest absolute Gasteiger partial charge is 0.444 e. The summed E-state index contributed by atoms with van der Waals surface area (Å²) in [6.07, 6.45) is 3.25. The van der Waals surface area contributed by atoms with Gasteiger partial charge in [0.05, 0.1) is 12.6 Å². The molecule has 0 spiro atoms. The van der Waals surface area contributed by atoms with E-state index >= 15 is 0 Å². The van der Waals surface area contributed by atoms with Crippen molar-refractivity contribution in [2.45, 2.75) is 45.1 Å². The van der Waals surface area contributed by atoms with Gasteiger partial charge in [0, 0.05) is 6.54 Å². The highest BCUT2D eigenvalue weighted by Gasteiger charge is 2.33. The molecule has 102 valence electrons. The Morgan fingerprint density at radius 3 is 2.72 bits per heavy atom.